The van der Waals surface area contributed by atoms with Crippen LogP contribution >= 0.6 is 0 Å². The summed E-state index contributed by atoms with van der Waals surface area (Å²) >= 11 is 0. The molecule has 1 rings (SSSR count). The lowest BCUT2D eigenvalue weighted by Gasteiger charge is -2.38. The standard InChI is InChI=1S/C19H38N4O4Si/c1-18(2,3)26-17(25)23-13-16(27-28(7,8)19(4,5)6)12-14(23)11-15(24)9-10-21-22-20/h14-16,24H,9-13H2,1-8H3/t14-,15+,16-/m1/s1. The zero-order valence-electron chi connectivity index (χ0n) is 18.7. The smallest absolute Gasteiger partial charge is 0.410 e. The molecular weight excluding hydrogens is 376 g/mol. The van der Waals surface area contributed by atoms with Gasteiger partial charge in [0.25, 0.3) is 0 Å². The average Bonchev–Trinajstić information content (AvgIpc) is 2.86. The second-order valence-corrected chi connectivity index (χ2v) is 14.9. The van der Waals surface area contributed by atoms with Crippen molar-refractivity contribution in [3.8, 4) is 0 Å². The Hall–Kier alpha value is -1.28. The summed E-state index contributed by atoms with van der Waals surface area (Å²) in [6.45, 7) is 17.2. The third-order valence-corrected chi connectivity index (χ3v) is 9.98. The van der Waals surface area contributed by atoms with Crippen molar-refractivity contribution in [1.29, 1.82) is 0 Å². The fourth-order valence-corrected chi connectivity index (χ4v) is 4.36. The Bertz CT molecular complexity index is 579. The van der Waals surface area contributed by atoms with Gasteiger partial charge in [-0.05, 0) is 63.7 Å². The van der Waals surface area contributed by atoms with Crippen LogP contribution in [0.5, 0.6) is 0 Å². The predicted molar refractivity (Wildman–Crippen MR) is 113 cm³/mol. The molecule has 0 aromatic heterocycles. The van der Waals surface area contributed by atoms with E-state index in [-0.39, 0.29) is 29.8 Å². The van der Waals surface area contributed by atoms with Crippen LogP contribution in [0.15, 0.2) is 5.11 Å². The molecule has 162 valence electrons. The van der Waals surface area contributed by atoms with Gasteiger partial charge in [-0.1, -0.05) is 25.9 Å². The summed E-state index contributed by atoms with van der Waals surface area (Å²) < 4.78 is 12.1. The minimum atomic E-state index is -1.97. The highest BCUT2D eigenvalue weighted by atomic mass is 28.4. The number of likely N-dealkylation sites (tertiary alicyclic amines) is 1. The number of aliphatic hydroxyl groups excluding tert-OH is 1. The molecule has 0 unspecified atom stereocenters. The van der Waals surface area contributed by atoms with Gasteiger partial charge in [0.15, 0.2) is 8.32 Å². The van der Waals surface area contributed by atoms with Crippen molar-refractivity contribution in [2.45, 2.75) is 103 Å². The molecule has 0 aliphatic carbocycles. The molecule has 1 fully saturated rings. The van der Waals surface area contributed by atoms with E-state index in [0.29, 0.717) is 25.8 Å². The van der Waals surface area contributed by atoms with Gasteiger partial charge in [-0.15, -0.1) is 0 Å². The Morgan fingerprint density at radius 2 is 1.93 bits per heavy atom. The first-order valence-corrected chi connectivity index (χ1v) is 12.9. The summed E-state index contributed by atoms with van der Waals surface area (Å²) in [5.41, 5.74) is 7.81. The molecule has 1 aliphatic heterocycles. The maximum atomic E-state index is 12.7. The van der Waals surface area contributed by atoms with Crippen molar-refractivity contribution < 1.29 is 19.1 Å². The van der Waals surface area contributed by atoms with Crippen molar-refractivity contribution in [3.63, 3.8) is 0 Å². The van der Waals surface area contributed by atoms with Crippen molar-refractivity contribution in [2.24, 2.45) is 5.11 Å². The van der Waals surface area contributed by atoms with Crippen molar-refractivity contribution >= 4 is 14.4 Å². The highest BCUT2D eigenvalue weighted by molar-refractivity contribution is 6.74. The zero-order valence-corrected chi connectivity index (χ0v) is 19.7. The molecule has 1 saturated heterocycles. The Kier molecular flexibility index (Phi) is 8.38. The van der Waals surface area contributed by atoms with Gasteiger partial charge in [-0.3, -0.25) is 0 Å². The van der Waals surface area contributed by atoms with Crippen LogP contribution in [0.1, 0.15) is 60.8 Å². The molecule has 0 bridgehead atoms. The molecule has 0 saturated carbocycles. The number of rotatable bonds is 7. The number of hydrogen-bond acceptors (Lipinski definition) is 5. The zero-order chi connectivity index (χ0) is 21.8. The Balaban J connectivity index is 2.88. The SMILES string of the molecule is CC(C)(C)OC(=O)N1C[C@H](O[Si](C)(C)C(C)(C)C)C[C@H]1C[C@@H](O)CCN=[N+]=[N-]. The first-order chi connectivity index (χ1) is 12.7. The topological polar surface area (TPSA) is 108 Å². The van der Waals surface area contributed by atoms with Crippen molar-refractivity contribution in [1.82, 2.24) is 4.90 Å². The van der Waals surface area contributed by atoms with Gasteiger partial charge in [0, 0.05) is 24.0 Å². The first kappa shape index (κ1) is 24.8. The quantitative estimate of drug-likeness (QED) is 0.278. The van der Waals surface area contributed by atoms with Crippen LogP contribution in [0.3, 0.4) is 0 Å². The summed E-state index contributed by atoms with van der Waals surface area (Å²) in [6, 6.07) is -0.161. The number of amides is 1. The van der Waals surface area contributed by atoms with E-state index in [1.54, 1.807) is 4.90 Å². The molecule has 28 heavy (non-hydrogen) atoms. The second kappa shape index (κ2) is 9.48. The maximum absolute atomic E-state index is 12.7. The van der Waals surface area contributed by atoms with Crippen molar-refractivity contribution in [2.75, 3.05) is 13.1 Å². The molecule has 3 atom stereocenters. The molecule has 9 heteroatoms. The van der Waals surface area contributed by atoms with E-state index in [1.807, 2.05) is 20.8 Å². The Morgan fingerprint density at radius 1 is 1.32 bits per heavy atom. The summed E-state index contributed by atoms with van der Waals surface area (Å²) in [5, 5.41) is 13.9. The number of carbonyl (C=O) groups excluding carboxylic acids is 1. The number of hydrogen-bond donors (Lipinski definition) is 1. The van der Waals surface area contributed by atoms with E-state index < -0.39 is 20.0 Å². The predicted octanol–water partition coefficient (Wildman–Crippen LogP) is 4.84. The number of carbonyl (C=O) groups is 1. The number of ether oxygens (including phenoxy) is 1. The minimum absolute atomic E-state index is 0.0669. The van der Waals surface area contributed by atoms with Crippen LogP contribution in [0.2, 0.25) is 18.1 Å². The van der Waals surface area contributed by atoms with E-state index >= 15 is 0 Å². The molecule has 0 radical (unpaired) electrons. The largest absolute Gasteiger partial charge is 0.444 e. The lowest BCUT2D eigenvalue weighted by atomic mass is 10.0. The van der Waals surface area contributed by atoms with Gasteiger partial charge in [0.05, 0.1) is 12.2 Å². The van der Waals surface area contributed by atoms with Crippen LogP contribution < -0.4 is 0 Å². The van der Waals surface area contributed by atoms with E-state index in [1.165, 1.54) is 0 Å². The van der Waals surface area contributed by atoms with E-state index in [0.717, 1.165) is 0 Å². The molecule has 0 spiro atoms. The van der Waals surface area contributed by atoms with Crippen molar-refractivity contribution in [3.05, 3.63) is 10.4 Å². The molecule has 1 heterocycles. The molecule has 0 aromatic rings. The fourth-order valence-electron chi connectivity index (χ4n) is 3.00. The first-order valence-electron chi connectivity index (χ1n) is 10.0. The van der Waals surface area contributed by atoms with Gasteiger partial charge in [0.1, 0.15) is 5.60 Å². The Morgan fingerprint density at radius 3 is 2.43 bits per heavy atom. The number of nitrogens with zero attached hydrogens (tertiary/aromatic N) is 4. The van der Waals surface area contributed by atoms with Gasteiger partial charge in [-0.2, -0.15) is 0 Å². The lowest BCUT2D eigenvalue weighted by Crippen LogP contribution is -2.45. The fraction of sp³-hybridized carbons (Fsp3) is 0.947. The highest BCUT2D eigenvalue weighted by Gasteiger charge is 2.44. The molecular formula is C19H38N4O4Si. The maximum Gasteiger partial charge on any atom is 0.410 e. The van der Waals surface area contributed by atoms with Crippen LogP contribution in [-0.4, -0.2) is 61.4 Å². The summed E-state index contributed by atoms with van der Waals surface area (Å²) in [7, 11) is -1.97. The summed E-state index contributed by atoms with van der Waals surface area (Å²) in [5.74, 6) is 0. The van der Waals surface area contributed by atoms with Crippen LogP contribution in [0.25, 0.3) is 10.4 Å². The summed E-state index contributed by atoms with van der Waals surface area (Å²) in [6.07, 6.45) is 0.370. The highest BCUT2D eigenvalue weighted by Crippen LogP contribution is 2.39. The molecule has 1 amide bonds. The second-order valence-electron chi connectivity index (χ2n) is 10.2. The molecule has 1 N–H and O–H groups in total. The van der Waals surface area contributed by atoms with Gasteiger partial charge < -0.3 is 19.2 Å². The van der Waals surface area contributed by atoms with Crippen LogP contribution in [-0.2, 0) is 9.16 Å². The third-order valence-electron chi connectivity index (χ3n) is 5.44. The van der Waals surface area contributed by atoms with Crippen LogP contribution in [0.4, 0.5) is 4.79 Å². The van der Waals surface area contributed by atoms with E-state index in [9.17, 15) is 9.90 Å². The van der Waals surface area contributed by atoms with E-state index in [4.69, 9.17) is 14.7 Å². The normalized spacial score (nSPS) is 22.0. The Labute approximate surface area is 170 Å². The third kappa shape index (κ3) is 7.62. The van der Waals surface area contributed by atoms with E-state index in [2.05, 4.69) is 43.9 Å². The minimum Gasteiger partial charge on any atom is -0.444 e. The molecule has 1 aliphatic rings. The number of azide groups is 1. The van der Waals surface area contributed by atoms with Gasteiger partial charge in [-0.25, -0.2) is 4.79 Å². The van der Waals surface area contributed by atoms with Gasteiger partial charge in [0.2, 0.25) is 0 Å². The monoisotopic (exact) mass is 414 g/mol. The molecule has 8 nitrogen and oxygen atoms in total. The summed E-state index contributed by atoms with van der Waals surface area (Å²) in [4.78, 5) is 17.1. The van der Waals surface area contributed by atoms with Gasteiger partial charge >= 0.3 is 6.09 Å². The van der Waals surface area contributed by atoms with Crippen LogP contribution in [0, 0.1) is 0 Å². The average molecular weight is 415 g/mol. The number of aliphatic hydroxyl groups is 1. The lowest BCUT2D eigenvalue weighted by molar-refractivity contribution is 0.0165. The molecule has 0 aromatic carbocycles.